The third kappa shape index (κ3) is 4.42. The summed E-state index contributed by atoms with van der Waals surface area (Å²) in [6, 6.07) is 10.2. The standard InChI is InChI=1S/C15H19N3OS/c1-11-4-6-13(7-5-11)19-9-12(2)18-14-8-15(20-3)17-10-16-14/h4-8,10,12H,9H2,1-3H3,(H,16,17,18). The smallest absolute Gasteiger partial charge is 0.130 e. The molecule has 0 aliphatic rings. The highest BCUT2D eigenvalue weighted by molar-refractivity contribution is 7.98. The van der Waals surface area contributed by atoms with Crippen molar-refractivity contribution in [2.24, 2.45) is 0 Å². The third-order valence-electron chi connectivity index (χ3n) is 2.77. The average Bonchev–Trinajstić information content (AvgIpc) is 2.47. The molecule has 0 aliphatic heterocycles. The van der Waals surface area contributed by atoms with Crippen molar-refractivity contribution in [2.75, 3.05) is 18.2 Å². The lowest BCUT2D eigenvalue weighted by atomic mass is 10.2. The first-order valence-corrected chi connectivity index (χ1v) is 7.72. The van der Waals surface area contributed by atoms with E-state index in [2.05, 4.69) is 29.1 Å². The first kappa shape index (κ1) is 14.7. The molecule has 0 saturated heterocycles. The molecule has 1 aromatic heterocycles. The number of anilines is 1. The van der Waals surface area contributed by atoms with Crippen molar-refractivity contribution in [3.63, 3.8) is 0 Å². The van der Waals surface area contributed by atoms with Crippen LogP contribution in [0.15, 0.2) is 41.7 Å². The van der Waals surface area contributed by atoms with Crippen LogP contribution in [0.5, 0.6) is 5.75 Å². The molecular weight excluding hydrogens is 270 g/mol. The van der Waals surface area contributed by atoms with Crippen molar-refractivity contribution in [3.8, 4) is 5.75 Å². The van der Waals surface area contributed by atoms with Crippen molar-refractivity contribution >= 4 is 17.6 Å². The number of hydrogen-bond donors (Lipinski definition) is 1. The number of nitrogens with zero attached hydrogens (tertiary/aromatic N) is 2. The Kier molecular flexibility index (Phi) is 5.24. The number of ether oxygens (including phenoxy) is 1. The van der Waals surface area contributed by atoms with E-state index in [1.54, 1.807) is 18.1 Å². The number of thioether (sulfide) groups is 1. The quantitative estimate of drug-likeness (QED) is 0.652. The molecule has 4 nitrogen and oxygen atoms in total. The third-order valence-corrected chi connectivity index (χ3v) is 3.41. The Hall–Kier alpha value is -1.75. The second kappa shape index (κ2) is 7.14. The molecule has 1 aromatic carbocycles. The predicted molar refractivity (Wildman–Crippen MR) is 83.6 cm³/mol. The molecule has 5 heteroatoms. The van der Waals surface area contributed by atoms with Gasteiger partial charge in [0.1, 0.15) is 29.5 Å². The average molecular weight is 289 g/mol. The van der Waals surface area contributed by atoms with Crippen molar-refractivity contribution in [1.29, 1.82) is 0 Å². The van der Waals surface area contributed by atoms with Gasteiger partial charge in [-0.15, -0.1) is 11.8 Å². The van der Waals surface area contributed by atoms with E-state index < -0.39 is 0 Å². The molecule has 0 spiro atoms. The van der Waals surface area contributed by atoms with Crippen molar-refractivity contribution in [3.05, 3.63) is 42.2 Å². The van der Waals surface area contributed by atoms with Crippen LogP contribution in [-0.4, -0.2) is 28.9 Å². The maximum absolute atomic E-state index is 5.74. The Bertz CT molecular complexity index is 545. The highest BCUT2D eigenvalue weighted by Crippen LogP contribution is 2.15. The molecule has 0 amide bonds. The maximum atomic E-state index is 5.74. The zero-order valence-corrected chi connectivity index (χ0v) is 12.8. The molecule has 0 radical (unpaired) electrons. The summed E-state index contributed by atoms with van der Waals surface area (Å²) < 4.78 is 5.74. The molecule has 0 fully saturated rings. The Labute approximate surface area is 124 Å². The van der Waals surface area contributed by atoms with Gasteiger partial charge in [-0.3, -0.25) is 0 Å². The summed E-state index contributed by atoms with van der Waals surface area (Å²) in [4.78, 5) is 8.35. The number of aromatic nitrogens is 2. The van der Waals surface area contributed by atoms with E-state index in [1.807, 2.05) is 36.6 Å². The van der Waals surface area contributed by atoms with Crippen molar-refractivity contribution in [1.82, 2.24) is 9.97 Å². The highest BCUT2D eigenvalue weighted by atomic mass is 32.2. The van der Waals surface area contributed by atoms with Gasteiger partial charge < -0.3 is 10.1 Å². The van der Waals surface area contributed by atoms with E-state index in [9.17, 15) is 0 Å². The minimum absolute atomic E-state index is 0.168. The summed E-state index contributed by atoms with van der Waals surface area (Å²) in [6.45, 7) is 4.71. The van der Waals surface area contributed by atoms with Crippen molar-refractivity contribution in [2.45, 2.75) is 24.9 Å². The predicted octanol–water partition coefficient (Wildman–Crippen LogP) is 3.39. The van der Waals surface area contributed by atoms with Crippen molar-refractivity contribution < 1.29 is 4.74 Å². The van der Waals surface area contributed by atoms with Crippen LogP contribution in [0.2, 0.25) is 0 Å². The molecule has 2 rings (SSSR count). The van der Waals surface area contributed by atoms with Gasteiger partial charge in [0.15, 0.2) is 0 Å². The van der Waals surface area contributed by atoms with Gasteiger partial charge >= 0.3 is 0 Å². The van der Waals surface area contributed by atoms with Crippen LogP contribution < -0.4 is 10.1 Å². The van der Waals surface area contributed by atoms with E-state index in [0.717, 1.165) is 16.6 Å². The maximum Gasteiger partial charge on any atom is 0.130 e. The minimum Gasteiger partial charge on any atom is -0.491 e. The Morgan fingerprint density at radius 3 is 2.70 bits per heavy atom. The molecule has 1 N–H and O–H groups in total. The van der Waals surface area contributed by atoms with Crippen LogP contribution in [0.4, 0.5) is 5.82 Å². The summed E-state index contributed by atoms with van der Waals surface area (Å²) in [6.07, 6.45) is 3.57. The molecule has 1 heterocycles. The van der Waals surface area contributed by atoms with Gasteiger partial charge in [0.25, 0.3) is 0 Å². The molecule has 0 saturated carbocycles. The lowest BCUT2D eigenvalue weighted by Crippen LogP contribution is -2.24. The molecule has 1 unspecified atom stereocenters. The fourth-order valence-corrected chi connectivity index (χ4v) is 2.06. The number of hydrogen-bond acceptors (Lipinski definition) is 5. The van der Waals surface area contributed by atoms with Crippen LogP contribution >= 0.6 is 11.8 Å². The number of rotatable bonds is 6. The van der Waals surface area contributed by atoms with E-state index in [0.29, 0.717) is 6.61 Å². The van der Waals surface area contributed by atoms with E-state index in [-0.39, 0.29) is 6.04 Å². The monoisotopic (exact) mass is 289 g/mol. The summed E-state index contributed by atoms with van der Waals surface area (Å²) in [7, 11) is 0. The van der Waals surface area contributed by atoms with Gasteiger partial charge in [-0.1, -0.05) is 17.7 Å². The molecule has 0 aliphatic carbocycles. The fraction of sp³-hybridized carbons (Fsp3) is 0.333. The Morgan fingerprint density at radius 1 is 1.25 bits per heavy atom. The van der Waals surface area contributed by atoms with Gasteiger partial charge in [0.05, 0.1) is 6.04 Å². The zero-order valence-electron chi connectivity index (χ0n) is 12.0. The second-order valence-corrected chi connectivity index (χ2v) is 5.44. The summed E-state index contributed by atoms with van der Waals surface area (Å²) in [5.41, 5.74) is 1.23. The van der Waals surface area contributed by atoms with Gasteiger partial charge in [-0.05, 0) is 32.2 Å². The van der Waals surface area contributed by atoms with E-state index in [4.69, 9.17) is 4.74 Å². The number of nitrogens with one attached hydrogen (secondary N) is 1. The van der Waals surface area contributed by atoms with Gasteiger partial charge in [-0.2, -0.15) is 0 Å². The zero-order chi connectivity index (χ0) is 14.4. The van der Waals surface area contributed by atoms with Crippen LogP contribution in [0, 0.1) is 6.92 Å². The SMILES string of the molecule is CSc1cc(NC(C)COc2ccc(C)cc2)ncn1. The fourth-order valence-electron chi connectivity index (χ4n) is 1.68. The minimum atomic E-state index is 0.168. The van der Waals surface area contributed by atoms with Gasteiger partial charge in [0, 0.05) is 6.07 Å². The second-order valence-electron chi connectivity index (χ2n) is 4.62. The molecule has 20 heavy (non-hydrogen) atoms. The summed E-state index contributed by atoms with van der Waals surface area (Å²) in [5.74, 6) is 1.71. The van der Waals surface area contributed by atoms with Gasteiger partial charge in [-0.25, -0.2) is 9.97 Å². The normalized spacial score (nSPS) is 11.9. The molecule has 0 bridgehead atoms. The highest BCUT2D eigenvalue weighted by Gasteiger charge is 2.05. The number of benzene rings is 1. The van der Waals surface area contributed by atoms with Crippen LogP contribution in [0.3, 0.4) is 0 Å². The summed E-state index contributed by atoms with van der Waals surface area (Å²) in [5, 5.41) is 4.26. The first-order valence-electron chi connectivity index (χ1n) is 6.49. The molecule has 106 valence electrons. The van der Waals surface area contributed by atoms with Crippen LogP contribution in [-0.2, 0) is 0 Å². The summed E-state index contributed by atoms with van der Waals surface area (Å²) >= 11 is 1.60. The van der Waals surface area contributed by atoms with E-state index >= 15 is 0 Å². The largest absolute Gasteiger partial charge is 0.491 e. The van der Waals surface area contributed by atoms with Crippen LogP contribution in [0.25, 0.3) is 0 Å². The lowest BCUT2D eigenvalue weighted by molar-refractivity contribution is 0.303. The van der Waals surface area contributed by atoms with E-state index in [1.165, 1.54) is 5.56 Å². The van der Waals surface area contributed by atoms with Gasteiger partial charge in [0.2, 0.25) is 0 Å². The Balaban J connectivity index is 1.85. The van der Waals surface area contributed by atoms with Crippen LogP contribution in [0.1, 0.15) is 12.5 Å². The molecular formula is C15H19N3OS. The molecule has 2 aromatic rings. The number of aryl methyl sites for hydroxylation is 1. The first-order chi connectivity index (χ1) is 9.67. The topological polar surface area (TPSA) is 47.0 Å². The Morgan fingerprint density at radius 2 is 2.00 bits per heavy atom. The lowest BCUT2D eigenvalue weighted by Gasteiger charge is -2.15. The molecule has 1 atom stereocenters.